The third kappa shape index (κ3) is 4.01. The van der Waals surface area contributed by atoms with Gasteiger partial charge < -0.3 is 14.8 Å². The maximum Gasteiger partial charge on any atom is 0.417 e. The number of imide groups is 1. The van der Waals surface area contributed by atoms with Crippen molar-refractivity contribution in [1.29, 1.82) is 5.26 Å². The number of hydrogen-bond donors (Lipinski definition) is 1. The van der Waals surface area contributed by atoms with Crippen molar-refractivity contribution in [2.24, 2.45) is 11.8 Å². The van der Waals surface area contributed by atoms with Crippen LogP contribution in [-0.4, -0.2) is 35.5 Å². The molecular formula is C27H22F3N3O5. The highest BCUT2D eigenvalue weighted by atomic mass is 19.4. The summed E-state index contributed by atoms with van der Waals surface area (Å²) in [6.07, 6.45) is -1.18. The Bertz CT molecular complexity index is 1410. The first-order valence-electron chi connectivity index (χ1n) is 11.8. The van der Waals surface area contributed by atoms with E-state index in [0.717, 1.165) is 11.0 Å². The van der Waals surface area contributed by atoms with Gasteiger partial charge in [-0.2, -0.15) is 18.4 Å². The second kappa shape index (κ2) is 8.70. The summed E-state index contributed by atoms with van der Waals surface area (Å²) in [5, 5.41) is 11.7. The van der Waals surface area contributed by atoms with E-state index in [9.17, 15) is 27.6 Å². The first-order chi connectivity index (χ1) is 17.9. The summed E-state index contributed by atoms with van der Waals surface area (Å²) in [6.45, 7) is 3.19. The number of nitrogens with zero attached hydrogens (tertiary/aromatic N) is 2. The molecule has 3 aliphatic heterocycles. The highest BCUT2D eigenvalue weighted by molar-refractivity contribution is 6.23. The number of benzene rings is 2. The summed E-state index contributed by atoms with van der Waals surface area (Å²) >= 11 is 0. The van der Waals surface area contributed by atoms with Gasteiger partial charge in [0, 0.05) is 19.0 Å². The Kier molecular flexibility index (Phi) is 5.83. The highest BCUT2D eigenvalue weighted by Crippen LogP contribution is 2.59. The maximum atomic E-state index is 13.6. The number of hydrogen-bond acceptors (Lipinski definition) is 6. The van der Waals surface area contributed by atoms with Gasteiger partial charge >= 0.3 is 6.18 Å². The fourth-order valence-electron chi connectivity index (χ4n) is 5.57. The lowest BCUT2D eigenvalue weighted by Gasteiger charge is -2.29. The smallest absolute Gasteiger partial charge is 0.417 e. The molecule has 2 bridgehead atoms. The number of rotatable bonds is 6. The molecule has 0 spiro atoms. The first kappa shape index (κ1) is 25.5. The zero-order chi connectivity index (χ0) is 27.5. The van der Waals surface area contributed by atoms with Crippen LogP contribution in [-0.2, 0) is 25.3 Å². The molecule has 0 aromatic heterocycles. The molecule has 196 valence electrons. The van der Waals surface area contributed by atoms with Gasteiger partial charge in [-0.15, -0.1) is 0 Å². The Balaban J connectivity index is 1.38. The Labute approximate surface area is 215 Å². The van der Waals surface area contributed by atoms with Crippen molar-refractivity contribution in [2.75, 3.05) is 16.8 Å². The molecule has 38 heavy (non-hydrogen) atoms. The molecule has 0 aliphatic carbocycles. The van der Waals surface area contributed by atoms with Gasteiger partial charge in [0.05, 0.1) is 46.9 Å². The topological polar surface area (TPSA) is 109 Å². The number of alkyl halides is 3. The lowest BCUT2D eigenvalue weighted by molar-refractivity contribution is -0.138. The number of carbonyl (C=O) groups excluding carboxylic acids is 3. The molecule has 4 atom stereocenters. The Morgan fingerprint density at radius 1 is 1.13 bits per heavy atom. The highest BCUT2D eigenvalue weighted by Gasteiger charge is 2.72. The maximum absolute atomic E-state index is 13.6. The van der Waals surface area contributed by atoms with Crippen molar-refractivity contribution < 1.29 is 37.0 Å². The second-order valence-corrected chi connectivity index (χ2v) is 9.68. The summed E-state index contributed by atoms with van der Waals surface area (Å²) < 4.78 is 52.7. The van der Waals surface area contributed by atoms with E-state index in [2.05, 4.69) is 5.32 Å². The van der Waals surface area contributed by atoms with Gasteiger partial charge in [-0.1, -0.05) is 12.2 Å². The third-order valence-corrected chi connectivity index (χ3v) is 7.18. The Morgan fingerprint density at radius 3 is 2.45 bits per heavy atom. The van der Waals surface area contributed by atoms with Gasteiger partial charge in [0.1, 0.15) is 11.4 Å². The molecule has 3 aliphatic rings. The molecule has 3 heterocycles. The number of carbonyl (C=O) groups is 3. The molecule has 2 saturated heterocycles. The predicted molar refractivity (Wildman–Crippen MR) is 128 cm³/mol. The minimum Gasteiger partial charge on any atom is -0.493 e. The molecule has 2 unspecified atom stereocenters. The van der Waals surface area contributed by atoms with Crippen molar-refractivity contribution in [3.63, 3.8) is 0 Å². The quantitative estimate of drug-likeness (QED) is 0.447. The summed E-state index contributed by atoms with van der Waals surface area (Å²) in [4.78, 5) is 39.0. The van der Waals surface area contributed by atoms with E-state index in [1.807, 2.05) is 0 Å². The molecule has 2 aromatic rings. The van der Waals surface area contributed by atoms with E-state index in [1.165, 1.54) is 19.1 Å². The van der Waals surface area contributed by atoms with Crippen LogP contribution in [0.15, 0.2) is 54.6 Å². The van der Waals surface area contributed by atoms with Gasteiger partial charge in [-0.05, 0) is 49.4 Å². The summed E-state index contributed by atoms with van der Waals surface area (Å²) in [5.41, 5.74) is -3.73. The molecule has 5 rings (SSSR count). The molecule has 2 fully saturated rings. The lowest BCUT2D eigenvalue weighted by Crippen LogP contribution is -2.42. The van der Waals surface area contributed by atoms with Gasteiger partial charge in [0.15, 0.2) is 0 Å². The monoisotopic (exact) mass is 525 g/mol. The Hall–Kier alpha value is -4.17. The first-order valence-corrected chi connectivity index (χ1v) is 11.8. The molecule has 11 heteroatoms. The Morgan fingerprint density at radius 2 is 1.82 bits per heavy atom. The van der Waals surface area contributed by atoms with Crippen LogP contribution in [0, 0.1) is 23.2 Å². The molecule has 0 radical (unpaired) electrons. The van der Waals surface area contributed by atoms with Gasteiger partial charge in [-0.3, -0.25) is 14.4 Å². The van der Waals surface area contributed by atoms with Crippen LogP contribution in [0.5, 0.6) is 5.75 Å². The number of fused-ring (bicyclic) bond motifs is 5. The fourth-order valence-corrected chi connectivity index (χ4v) is 5.57. The summed E-state index contributed by atoms with van der Waals surface area (Å²) in [5.74, 6) is -2.86. The second-order valence-electron chi connectivity index (χ2n) is 9.68. The number of halogens is 3. The number of nitriles is 1. The van der Waals surface area contributed by atoms with Crippen LogP contribution < -0.4 is 15.0 Å². The number of ether oxygens (including phenoxy) is 2. The minimum atomic E-state index is -4.84. The minimum absolute atomic E-state index is 0.125. The predicted octanol–water partition coefficient (Wildman–Crippen LogP) is 4.21. The number of anilines is 2. The fraction of sp³-hybridized carbons (Fsp3) is 0.333. The summed E-state index contributed by atoms with van der Waals surface area (Å²) in [6, 6.07) is 11.0. The van der Waals surface area contributed by atoms with Crippen LogP contribution in [0.4, 0.5) is 24.5 Å². The van der Waals surface area contributed by atoms with Crippen molar-refractivity contribution in [2.45, 2.75) is 37.6 Å². The van der Waals surface area contributed by atoms with Crippen molar-refractivity contribution in [1.82, 2.24) is 0 Å². The molecule has 1 N–H and O–H groups in total. The average molecular weight is 525 g/mol. The van der Waals surface area contributed by atoms with E-state index in [4.69, 9.17) is 14.7 Å². The van der Waals surface area contributed by atoms with Gasteiger partial charge in [-0.25, -0.2) is 4.90 Å². The summed E-state index contributed by atoms with van der Waals surface area (Å²) in [7, 11) is 0. The van der Waals surface area contributed by atoms with E-state index in [-0.39, 0.29) is 24.6 Å². The molecular weight excluding hydrogens is 503 g/mol. The number of nitrogens with one attached hydrogen (secondary N) is 1. The van der Waals surface area contributed by atoms with Crippen molar-refractivity contribution in [3.8, 4) is 11.8 Å². The van der Waals surface area contributed by atoms with Crippen molar-refractivity contribution in [3.05, 3.63) is 65.7 Å². The van der Waals surface area contributed by atoms with Gasteiger partial charge in [0.25, 0.3) is 0 Å². The van der Waals surface area contributed by atoms with Crippen molar-refractivity contribution >= 4 is 29.1 Å². The van der Waals surface area contributed by atoms with E-state index in [0.29, 0.717) is 17.5 Å². The van der Waals surface area contributed by atoms with E-state index in [1.54, 1.807) is 43.3 Å². The normalized spacial score (nSPS) is 27.4. The average Bonchev–Trinajstić information content (AvgIpc) is 3.43. The SMILES string of the molecule is CC(=O)Nc1ccc(OCCC23C=CC(C)(O2)[C@@H]2C(=O)N(c4ccc(C#N)c(C(F)(F)F)c4)C(=O)[C@@H]23)cc1. The van der Waals surface area contributed by atoms with Gasteiger partial charge in [0.2, 0.25) is 17.7 Å². The van der Waals surface area contributed by atoms with Crippen LogP contribution in [0.3, 0.4) is 0 Å². The van der Waals surface area contributed by atoms with Crippen LogP contribution in [0.25, 0.3) is 0 Å². The molecule has 8 nitrogen and oxygen atoms in total. The van der Waals surface area contributed by atoms with E-state index >= 15 is 0 Å². The van der Waals surface area contributed by atoms with Crippen LogP contribution >= 0.6 is 0 Å². The zero-order valence-electron chi connectivity index (χ0n) is 20.3. The standard InChI is InChI=1S/C27H22F3N3O5/c1-15(34)32-17-4-7-19(8-5-17)37-12-11-26-10-9-25(2,38-26)21-22(26)24(36)33(23(21)35)18-6-3-16(14-31)20(13-18)27(28,29)30/h3-10,13,21-22H,11-12H2,1-2H3,(H,32,34)/t21-,22+,25?,26?/m0/s1. The largest absolute Gasteiger partial charge is 0.493 e. The van der Waals surface area contributed by atoms with Crippen LogP contribution in [0.2, 0.25) is 0 Å². The van der Waals surface area contributed by atoms with Crippen LogP contribution in [0.1, 0.15) is 31.4 Å². The lowest BCUT2D eigenvalue weighted by atomic mass is 9.71. The molecule has 3 amide bonds. The molecule has 2 aromatic carbocycles. The number of amides is 3. The molecule has 0 saturated carbocycles. The third-order valence-electron chi connectivity index (χ3n) is 7.18. The van der Waals surface area contributed by atoms with E-state index < -0.39 is 52.2 Å². The zero-order valence-corrected chi connectivity index (χ0v) is 20.3.